The van der Waals surface area contributed by atoms with E-state index < -0.39 is 0 Å². The molecule has 0 saturated carbocycles. The summed E-state index contributed by atoms with van der Waals surface area (Å²) < 4.78 is 12.4. The number of benzene rings is 1. The molecule has 144 valence electrons. The van der Waals surface area contributed by atoms with Crippen molar-refractivity contribution in [2.75, 3.05) is 27.3 Å². The fourth-order valence-electron chi connectivity index (χ4n) is 3.75. The largest absolute Gasteiger partial charge is 0.497 e. The number of methoxy groups -OCH3 is 2. The maximum absolute atomic E-state index is 13.1. The van der Waals surface area contributed by atoms with Crippen LogP contribution in [0.1, 0.15) is 39.5 Å². The van der Waals surface area contributed by atoms with Gasteiger partial charge in [-0.15, -0.1) is 0 Å². The zero-order valence-corrected chi connectivity index (χ0v) is 16.5. The van der Waals surface area contributed by atoms with Gasteiger partial charge in [-0.2, -0.15) is 0 Å². The number of aromatic nitrogens is 1. The van der Waals surface area contributed by atoms with Crippen LogP contribution in [0.4, 0.5) is 0 Å². The summed E-state index contributed by atoms with van der Waals surface area (Å²) in [7, 11) is 4.97. The van der Waals surface area contributed by atoms with E-state index >= 15 is 0 Å². The van der Waals surface area contributed by atoms with Gasteiger partial charge in [0.15, 0.2) is 0 Å². The number of likely N-dealkylation sites (tertiary alicyclic amines) is 1. The van der Waals surface area contributed by atoms with Crippen LogP contribution in [-0.2, 0) is 7.05 Å². The summed E-state index contributed by atoms with van der Waals surface area (Å²) in [5.74, 6) is 1.50. The fraction of sp³-hybridized carbons (Fsp3) is 0.429. The number of rotatable bonds is 4. The number of hydrogen-bond donors (Lipinski definition) is 0. The van der Waals surface area contributed by atoms with E-state index in [1.807, 2.05) is 38.1 Å². The topological polar surface area (TPSA) is 60.8 Å². The molecule has 0 N–H and O–H groups in total. The van der Waals surface area contributed by atoms with Crippen LogP contribution in [0.2, 0.25) is 0 Å². The molecule has 6 nitrogen and oxygen atoms in total. The third-order valence-electron chi connectivity index (χ3n) is 5.43. The van der Waals surface area contributed by atoms with Crippen LogP contribution in [0.3, 0.4) is 0 Å². The molecule has 3 rings (SSSR count). The van der Waals surface area contributed by atoms with Gasteiger partial charge in [-0.05, 0) is 50.1 Å². The number of hydrogen-bond acceptors (Lipinski definition) is 4. The fourth-order valence-corrected chi connectivity index (χ4v) is 3.75. The smallest absolute Gasteiger partial charge is 0.263 e. The zero-order valence-electron chi connectivity index (χ0n) is 16.5. The second kappa shape index (κ2) is 7.47. The molecule has 0 unspecified atom stereocenters. The van der Waals surface area contributed by atoms with Gasteiger partial charge in [-0.1, -0.05) is 0 Å². The van der Waals surface area contributed by atoms with Crippen LogP contribution >= 0.6 is 0 Å². The molecule has 0 spiro atoms. The molecule has 27 heavy (non-hydrogen) atoms. The molecule has 1 aromatic carbocycles. The van der Waals surface area contributed by atoms with Crippen LogP contribution in [0.15, 0.2) is 29.1 Å². The van der Waals surface area contributed by atoms with E-state index in [0.717, 1.165) is 34.7 Å². The third kappa shape index (κ3) is 3.44. The Morgan fingerprint density at radius 2 is 1.89 bits per heavy atom. The summed E-state index contributed by atoms with van der Waals surface area (Å²) >= 11 is 0. The second-order valence-corrected chi connectivity index (χ2v) is 7.05. The Morgan fingerprint density at radius 1 is 1.15 bits per heavy atom. The minimum absolute atomic E-state index is 0.147. The maximum Gasteiger partial charge on any atom is 0.263 e. The van der Waals surface area contributed by atoms with Crippen molar-refractivity contribution >= 4 is 5.91 Å². The Hall–Kier alpha value is -2.76. The molecule has 1 saturated heterocycles. The van der Waals surface area contributed by atoms with Crippen molar-refractivity contribution < 1.29 is 14.3 Å². The van der Waals surface area contributed by atoms with Gasteiger partial charge in [-0.25, -0.2) is 0 Å². The molecule has 6 heteroatoms. The minimum atomic E-state index is -0.236. The van der Waals surface area contributed by atoms with Crippen molar-refractivity contribution in [3.63, 3.8) is 0 Å². The Bertz CT molecular complexity index is 933. The van der Waals surface area contributed by atoms with E-state index in [4.69, 9.17) is 9.47 Å². The lowest BCUT2D eigenvalue weighted by Gasteiger charge is -2.20. The summed E-state index contributed by atoms with van der Waals surface area (Å²) in [4.78, 5) is 27.5. The molecule has 2 heterocycles. The number of ether oxygens (including phenoxy) is 2. The van der Waals surface area contributed by atoms with Crippen LogP contribution in [-0.4, -0.2) is 42.7 Å². The van der Waals surface area contributed by atoms with Crippen LogP contribution < -0.4 is 15.0 Å². The van der Waals surface area contributed by atoms with E-state index in [0.29, 0.717) is 13.1 Å². The zero-order chi connectivity index (χ0) is 19.7. The van der Waals surface area contributed by atoms with Crippen molar-refractivity contribution in [2.45, 2.75) is 26.2 Å². The lowest BCUT2D eigenvalue weighted by Crippen LogP contribution is -2.36. The molecular weight excluding hydrogens is 344 g/mol. The Kier molecular flexibility index (Phi) is 5.26. The SMILES string of the molecule is COc1ccc(OC)c([C@@H]2CCN(C(=O)c3c(C)cc(C)n(C)c3=O)C2)c1. The van der Waals surface area contributed by atoms with E-state index in [1.54, 1.807) is 26.2 Å². The lowest BCUT2D eigenvalue weighted by molar-refractivity contribution is 0.0787. The molecule has 2 aromatic rings. The molecule has 0 aliphatic carbocycles. The van der Waals surface area contributed by atoms with Crippen molar-refractivity contribution in [1.82, 2.24) is 9.47 Å². The van der Waals surface area contributed by atoms with Gasteiger partial charge in [0.05, 0.1) is 14.2 Å². The standard InChI is InChI=1S/C21H26N2O4/c1-13-10-14(2)22(3)20(24)19(13)21(25)23-9-8-15(12-23)17-11-16(26-4)6-7-18(17)27-5/h6-7,10-11,15H,8-9,12H2,1-5H3/t15-/m1/s1. The van der Waals surface area contributed by atoms with Crippen molar-refractivity contribution in [3.05, 3.63) is 57.0 Å². The average Bonchev–Trinajstić information content (AvgIpc) is 3.15. The first-order valence-electron chi connectivity index (χ1n) is 9.05. The number of carbonyl (C=O) groups is 1. The molecule has 1 atom stereocenters. The molecule has 1 aliphatic heterocycles. The van der Waals surface area contributed by atoms with Gasteiger partial charge in [0.25, 0.3) is 11.5 Å². The van der Waals surface area contributed by atoms with Gasteiger partial charge in [-0.3, -0.25) is 9.59 Å². The van der Waals surface area contributed by atoms with Crippen LogP contribution in [0.5, 0.6) is 11.5 Å². The summed E-state index contributed by atoms with van der Waals surface area (Å²) in [5.41, 5.74) is 2.62. The predicted molar refractivity (Wildman–Crippen MR) is 104 cm³/mol. The Morgan fingerprint density at radius 3 is 2.56 bits per heavy atom. The van der Waals surface area contributed by atoms with Crippen LogP contribution in [0, 0.1) is 13.8 Å². The van der Waals surface area contributed by atoms with Gasteiger partial charge in [0.1, 0.15) is 17.1 Å². The van der Waals surface area contributed by atoms with E-state index in [1.165, 1.54) is 4.57 Å². The molecule has 0 bridgehead atoms. The molecular formula is C21H26N2O4. The molecule has 1 aliphatic rings. The monoisotopic (exact) mass is 370 g/mol. The van der Waals surface area contributed by atoms with Crippen molar-refractivity contribution in [1.29, 1.82) is 0 Å². The molecule has 1 aromatic heterocycles. The highest BCUT2D eigenvalue weighted by molar-refractivity contribution is 5.95. The number of pyridine rings is 1. The number of aryl methyl sites for hydroxylation is 2. The van der Waals surface area contributed by atoms with E-state index in [9.17, 15) is 9.59 Å². The number of carbonyl (C=O) groups excluding carboxylic acids is 1. The van der Waals surface area contributed by atoms with Crippen molar-refractivity contribution in [2.24, 2.45) is 7.05 Å². The maximum atomic E-state index is 13.1. The first kappa shape index (κ1) is 19.0. The first-order chi connectivity index (χ1) is 12.9. The number of nitrogens with zero attached hydrogens (tertiary/aromatic N) is 2. The van der Waals surface area contributed by atoms with Crippen molar-refractivity contribution in [3.8, 4) is 11.5 Å². The average molecular weight is 370 g/mol. The van der Waals surface area contributed by atoms with Gasteiger partial charge in [0.2, 0.25) is 0 Å². The quantitative estimate of drug-likeness (QED) is 0.830. The second-order valence-electron chi connectivity index (χ2n) is 7.05. The highest BCUT2D eigenvalue weighted by Crippen LogP contribution is 2.36. The van der Waals surface area contributed by atoms with Crippen LogP contribution in [0.25, 0.3) is 0 Å². The van der Waals surface area contributed by atoms with Gasteiger partial charge < -0.3 is 18.9 Å². The van der Waals surface area contributed by atoms with E-state index in [-0.39, 0.29) is 22.9 Å². The minimum Gasteiger partial charge on any atom is -0.497 e. The molecule has 0 radical (unpaired) electrons. The Balaban J connectivity index is 1.88. The normalized spacial score (nSPS) is 16.5. The molecule has 1 fully saturated rings. The Labute approximate surface area is 159 Å². The van der Waals surface area contributed by atoms with Gasteiger partial charge in [0, 0.05) is 37.3 Å². The predicted octanol–water partition coefficient (Wildman–Crippen LogP) is 2.65. The highest BCUT2D eigenvalue weighted by atomic mass is 16.5. The lowest BCUT2D eigenvalue weighted by atomic mass is 9.97. The summed E-state index contributed by atoms with van der Waals surface area (Å²) in [5, 5.41) is 0. The molecule has 1 amide bonds. The third-order valence-corrected chi connectivity index (χ3v) is 5.43. The van der Waals surface area contributed by atoms with Gasteiger partial charge >= 0.3 is 0 Å². The highest BCUT2D eigenvalue weighted by Gasteiger charge is 2.32. The summed E-state index contributed by atoms with van der Waals surface area (Å²) in [6, 6.07) is 7.60. The first-order valence-corrected chi connectivity index (χ1v) is 9.05. The summed E-state index contributed by atoms with van der Waals surface area (Å²) in [6.07, 6.45) is 0.820. The number of amides is 1. The van der Waals surface area contributed by atoms with E-state index in [2.05, 4.69) is 0 Å². The summed E-state index contributed by atoms with van der Waals surface area (Å²) in [6.45, 7) is 4.85.